The van der Waals surface area contributed by atoms with Gasteiger partial charge in [0.05, 0.1) is 23.0 Å². The minimum Gasteiger partial charge on any atom is -0.472 e. The number of furan rings is 1. The van der Waals surface area contributed by atoms with Gasteiger partial charge in [-0.05, 0) is 24.6 Å². The van der Waals surface area contributed by atoms with Crippen LogP contribution in [-0.2, 0) is 10.0 Å². The third-order valence-corrected chi connectivity index (χ3v) is 5.64. The molecule has 0 aromatic carbocycles. The number of halogens is 1. The van der Waals surface area contributed by atoms with Crippen LogP contribution in [0.3, 0.4) is 0 Å². The molecule has 0 aliphatic heterocycles. The highest BCUT2D eigenvalue weighted by molar-refractivity contribution is 7.91. The SMILES string of the molecule is O=S(=O)(NCC[C@H](O)c1ccoc1)c1ccc(Cl)s1. The highest BCUT2D eigenvalue weighted by Crippen LogP contribution is 2.25. The molecule has 104 valence electrons. The normalized spacial score (nSPS) is 13.6. The van der Waals surface area contributed by atoms with Crippen LogP contribution in [-0.4, -0.2) is 20.1 Å². The lowest BCUT2D eigenvalue weighted by Gasteiger charge is -2.09. The van der Waals surface area contributed by atoms with E-state index in [9.17, 15) is 13.5 Å². The fourth-order valence-electron chi connectivity index (χ4n) is 1.47. The Morgan fingerprint density at radius 3 is 2.79 bits per heavy atom. The van der Waals surface area contributed by atoms with Gasteiger partial charge in [0.25, 0.3) is 0 Å². The third-order valence-electron chi connectivity index (χ3n) is 2.45. The van der Waals surface area contributed by atoms with Crippen molar-refractivity contribution in [3.8, 4) is 0 Å². The van der Waals surface area contributed by atoms with Gasteiger partial charge in [-0.2, -0.15) is 0 Å². The number of rotatable bonds is 6. The lowest BCUT2D eigenvalue weighted by molar-refractivity contribution is 0.168. The van der Waals surface area contributed by atoms with E-state index in [0.717, 1.165) is 11.3 Å². The van der Waals surface area contributed by atoms with Crippen molar-refractivity contribution in [2.45, 2.75) is 16.7 Å². The number of thiophene rings is 1. The zero-order valence-corrected chi connectivity index (χ0v) is 12.1. The number of aliphatic hydroxyl groups excluding tert-OH is 1. The van der Waals surface area contributed by atoms with E-state index < -0.39 is 16.1 Å². The van der Waals surface area contributed by atoms with Gasteiger partial charge in [0.2, 0.25) is 10.0 Å². The van der Waals surface area contributed by atoms with E-state index in [1.807, 2.05) is 0 Å². The average molecular weight is 322 g/mol. The summed E-state index contributed by atoms with van der Waals surface area (Å²) in [7, 11) is -3.55. The van der Waals surface area contributed by atoms with Crippen LogP contribution >= 0.6 is 22.9 Å². The Morgan fingerprint density at radius 2 is 2.21 bits per heavy atom. The van der Waals surface area contributed by atoms with Crippen molar-refractivity contribution in [1.29, 1.82) is 0 Å². The molecule has 1 atom stereocenters. The second-order valence-corrected chi connectivity index (χ2v) is 7.53. The standard InChI is InChI=1S/C11H12ClNO4S2/c12-10-1-2-11(18-10)19(15,16)13-5-3-9(14)8-4-6-17-7-8/h1-2,4,6-7,9,13-14H,3,5H2/t9-/m0/s1. The molecule has 2 aromatic rings. The van der Waals surface area contributed by atoms with Crippen molar-refractivity contribution in [3.05, 3.63) is 40.6 Å². The van der Waals surface area contributed by atoms with Crippen LogP contribution in [0.15, 0.2) is 39.4 Å². The summed E-state index contributed by atoms with van der Waals surface area (Å²) < 4.78 is 31.5. The third kappa shape index (κ3) is 3.80. The lowest BCUT2D eigenvalue weighted by atomic mass is 10.1. The Labute approximate surface area is 119 Å². The summed E-state index contributed by atoms with van der Waals surface area (Å²) in [5.74, 6) is 0. The zero-order chi connectivity index (χ0) is 13.9. The predicted molar refractivity (Wildman–Crippen MR) is 72.8 cm³/mol. The molecule has 2 aromatic heterocycles. The Balaban J connectivity index is 1.89. The van der Waals surface area contributed by atoms with Gasteiger partial charge >= 0.3 is 0 Å². The van der Waals surface area contributed by atoms with Crippen LogP contribution < -0.4 is 4.72 Å². The van der Waals surface area contributed by atoms with E-state index in [1.165, 1.54) is 24.7 Å². The van der Waals surface area contributed by atoms with E-state index >= 15 is 0 Å². The maximum absolute atomic E-state index is 11.9. The van der Waals surface area contributed by atoms with Gasteiger partial charge in [-0.1, -0.05) is 11.6 Å². The molecule has 0 unspecified atom stereocenters. The van der Waals surface area contributed by atoms with Crippen molar-refractivity contribution in [2.75, 3.05) is 6.54 Å². The van der Waals surface area contributed by atoms with Crippen molar-refractivity contribution < 1.29 is 17.9 Å². The van der Waals surface area contributed by atoms with E-state index in [2.05, 4.69) is 4.72 Å². The minimum absolute atomic E-state index is 0.129. The number of nitrogens with one attached hydrogen (secondary N) is 1. The first-order valence-corrected chi connectivity index (χ1v) is 8.12. The number of hydrogen-bond acceptors (Lipinski definition) is 5. The predicted octanol–water partition coefficient (Wildman–Crippen LogP) is 2.40. The van der Waals surface area contributed by atoms with Crippen molar-refractivity contribution in [1.82, 2.24) is 4.72 Å². The minimum atomic E-state index is -3.55. The summed E-state index contributed by atoms with van der Waals surface area (Å²) in [6, 6.07) is 4.61. The molecule has 2 N–H and O–H groups in total. The first-order valence-electron chi connectivity index (χ1n) is 5.44. The summed E-state index contributed by atoms with van der Waals surface area (Å²) in [6.45, 7) is 0.129. The fourth-order valence-corrected chi connectivity index (χ4v) is 4.05. The van der Waals surface area contributed by atoms with Crippen molar-refractivity contribution in [3.63, 3.8) is 0 Å². The average Bonchev–Trinajstić information content (AvgIpc) is 2.99. The van der Waals surface area contributed by atoms with E-state index in [-0.39, 0.29) is 17.2 Å². The summed E-state index contributed by atoms with van der Waals surface area (Å²) >= 11 is 6.68. The molecule has 0 aliphatic carbocycles. The topological polar surface area (TPSA) is 79.5 Å². The highest BCUT2D eigenvalue weighted by atomic mass is 35.5. The van der Waals surface area contributed by atoms with Gasteiger partial charge in [0, 0.05) is 12.1 Å². The van der Waals surface area contributed by atoms with Crippen LogP contribution in [0.4, 0.5) is 0 Å². The maximum atomic E-state index is 11.9. The molecule has 0 saturated heterocycles. The smallest absolute Gasteiger partial charge is 0.250 e. The highest BCUT2D eigenvalue weighted by Gasteiger charge is 2.17. The first kappa shape index (κ1) is 14.5. The van der Waals surface area contributed by atoms with Crippen LogP contribution in [0, 0.1) is 0 Å². The lowest BCUT2D eigenvalue weighted by Crippen LogP contribution is -2.25. The Hall–Kier alpha value is -0.860. The molecule has 0 spiro atoms. The van der Waals surface area contributed by atoms with Crippen LogP contribution in [0.2, 0.25) is 4.34 Å². The molecule has 2 heterocycles. The van der Waals surface area contributed by atoms with Crippen LogP contribution in [0.25, 0.3) is 0 Å². The number of sulfonamides is 1. The fraction of sp³-hybridized carbons (Fsp3) is 0.273. The summed E-state index contributed by atoms with van der Waals surface area (Å²) in [5.41, 5.74) is 0.623. The second-order valence-electron chi connectivity index (χ2n) is 3.82. The van der Waals surface area contributed by atoms with Gasteiger partial charge in [0.1, 0.15) is 4.21 Å². The van der Waals surface area contributed by atoms with Crippen molar-refractivity contribution >= 4 is 33.0 Å². The van der Waals surface area contributed by atoms with Gasteiger partial charge in [-0.3, -0.25) is 0 Å². The monoisotopic (exact) mass is 321 g/mol. The van der Waals surface area contributed by atoms with Gasteiger partial charge in [-0.25, -0.2) is 13.1 Å². The molecule has 19 heavy (non-hydrogen) atoms. The van der Waals surface area contributed by atoms with Gasteiger partial charge in [-0.15, -0.1) is 11.3 Å². The summed E-state index contributed by atoms with van der Waals surface area (Å²) in [4.78, 5) is 0. The quantitative estimate of drug-likeness (QED) is 0.856. The van der Waals surface area contributed by atoms with E-state index in [4.69, 9.17) is 16.0 Å². The molecule has 0 saturated carbocycles. The largest absolute Gasteiger partial charge is 0.472 e. The first-order chi connectivity index (χ1) is 8.99. The van der Waals surface area contributed by atoms with Gasteiger partial charge < -0.3 is 9.52 Å². The van der Waals surface area contributed by atoms with Crippen LogP contribution in [0.1, 0.15) is 18.1 Å². The van der Waals surface area contributed by atoms with Gasteiger partial charge in [0.15, 0.2) is 0 Å². The molecular weight excluding hydrogens is 310 g/mol. The Kier molecular flexibility index (Phi) is 4.64. The molecule has 2 rings (SSSR count). The molecule has 5 nitrogen and oxygen atoms in total. The molecule has 0 fully saturated rings. The van der Waals surface area contributed by atoms with Crippen molar-refractivity contribution in [2.24, 2.45) is 0 Å². The zero-order valence-electron chi connectivity index (χ0n) is 9.74. The molecule has 0 radical (unpaired) electrons. The number of aliphatic hydroxyl groups is 1. The molecular formula is C11H12ClNO4S2. The molecule has 0 amide bonds. The van der Waals surface area contributed by atoms with E-state index in [0.29, 0.717) is 9.90 Å². The summed E-state index contributed by atoms with van der Waals surface area (Å²) in [6.07, 6.45) is 2.39. The second kappa shape index (κ2) is 6.06. The Bertz CT molecular complexity index is 621. The molecule has 0 aliphatic rings. The maximum Gasteiger partial charge on any atom is 0.250 e. The summed E-state index contributed by atoms with van der Waals surface area (Å²) in [5, 5.41) is 9.77. The Morgan fingerprint density at radius 1 is 1.42 bits per heavy atom. The van der Waals surface area contributed by atoms with E-state index in [1.54, 1.807) is 6.07 Å². The van der Waals surface area contributed by atoms with Crippen LogP contribution in [0.5, 0.6) is 0 Å². The molecule has 8 heteroatoms. The number of hydrogen-bond donors (Lipinski definition) is 2. The molecule has 0 bridgehead atoms.